The van der Waals surface area contributed by atoms with Crippen LogP contribution in [0.5, 0.6) is 11.5 Å². The van der Waals surface area contributed by atoms with E-state index in [1.165, 1.54) is 0 Å². The second kappa shape index (κ2) is 13.2. The van der Waals surface area contributed by atoms with E-state index in [1.807, 2.05) is 85.8 Å². The van der Waals surface area contributed by atoms with Crippen molar-refractivity contribution in [3.05, 3.63) is 119 Å². The van der Waals surface area contributed by atoms with Crippen molar-refractivity contribution in [3.63, 3.8) is 0 Å². The Bertz CT molecular complexity index is 1540. The number of nitrogens with one attached hydrogen (secondary N) is 1. The van der Waals surface area contributed by atoms with Crippen molar-refractivity contribution in [2.45, 2.75) is 39.3 Å². The van der Waals surface area contributed by atoms with Gasteiger partial charge in [-0.25, -0.2) is 8.42 Å². The summed E-state index contributed by atoms with van der Waals surface area (Å²) in [6.07, 6.45) is 2.45. The van der Waals surface area contributed by atoms with E-state index >= 15 is 0 Å². The van der Waals surface area contributed by atoms with Crippen molar-refractivity contribution < 1.29 is 23.1 Å². The number of nitrogens with zero attached hydrogens (tertiary/aromatic N) is 1. The molecule has 7 nitrogen and oxygen atoms in total. The summed E-state index contributed by atoms with van der Waals surface area (Å²) < 4.78 is 32.6. The molecule has 0 fully saturated rings. The van der Waals surface area contributed by atoms with E-state index in [9.17, 15) is 13.2 Å². The molecule has 208 valence electrons. The molecule has 0 amide bonds. The first-order valence-corrected chi connectivity index (χ1v) is 15.0. The van der Waals surface area contributed by atoms with E-state index in [0.717, 1.165) is 39.9 Å². The fraction of sp³-hybridized carbons (Fsp3) is 0.219. The maximum atomic E-state index is 11.9. The summed E-state index contributed by atoms with van der Waals surface area (Å²) in [6.45, 7) is 3.17. The van der Waals surface area contributed by atoms with Crippen molar-refractivity contribution in [1.82, 2.24) is 0 Å². The van der Waals surface area contributed by atoms with E-state index in [-0.39, 0.29) is 6.42 Å². The molecule has 0 aliphatic carbocycles. The fourth-order valence-electron chi connectivity index (χ4n) is 4.56. The molecule has 0 bridgehead atoms. The zero-order chi connectivity index (χ0) is 28.5. The van der Waals surface area contributed by atoms with Gasteiger partial charge in [0.2, 0.25) is 10.0 Å². The Kier molecular flexibility index (Phi) is 9.45. The normalized spacial score (nSPS) is 11.2. The number of para-hydroxylation sites is 1. The summed E-state index contributed by atoms with van der Waals surface area (Å²) in [5.74, 6) is 0.612. The number of carboxylic acid groups (broad SMARTS) is 1. The van der Waals surface area contributed by atoms with Gasteiger partial charge in [-0.3, -0.25) is 9.52 Å². The predicted octanol–water partition coefficient (Wildman–Crippen LogP) is 6.77. The highest BCUT2D eigenvalue weighted by atomic mass is 32.2. The van der Waals surface area contributed by atoms with Gasteiger partial charge < -0.3 is 14.7 Å². The van der Waals surface area contributed by atoms with Gasteiger partial charge in [0.1, 0.15) is 11.5 Å². The molecular weight excluding hydrogens is 524 g/mol. The molecule has 40 heavy (non-hydrogen) atoms. The predicted molar refractivity (Wildman–Crippen MR) is 160 cm³/mol. The summed E-state index contributed by atoms with van der Waals surface area (Å²) in [5, 5.41) is 8.95. The lowest BCUT2D eigenvalue weighted by Gasteiger charge is -2.28. The van der Waals surface area contributed by atoms with Gasteiger partial charge in [-0.15, -0.1) is 0 Å². The molecule has 0 saturated carbocycles. The molecule has 0 aliphatic heterocycles. The van der Waals surface area contributed by atoms with Crippen molar-refractivity contribution in [1.29, 1.82) is 0 Å². The monoisotopic (exact) mass is 558 g/mol. The van der Waals surface area contributed by atoms with Gasteiger partial charge in [-0.2, -0.15) is 0 Å². The summed E-state index contributed by atoms with van der Waals surface area (Å²) in [6, 6.07) is 31.4. The van der Waals surface area contributed by atoms with Crippen molar-refractivity contribution in [2.24, 2.45) is 0 Å². The number of rotatable bonds is 13. The van der Waals surface area contributed by atoms with E-state index in [1.54, 1.807) is 6.07 Å². The summed E-state index contributed by atoms with van der Waals surface area (Å²) >= 11 is 0. The zero-order valence-electron chi connectivity index (χ0n) is 22.7. The molecule has 2 N–H and O–H groups in total. The van der Waals surface area contributed by atoms with Gasteiger partial charge in [-0.1, -0.05) is 66.7 Å². The third kappa shape index (κ3) is 8.35. The number of hydrogen-bond donors (Lipinski definition) is 2. The molecule has 4 aromatic rings. The number of ether oxygens (including phenoxy) is 1. The van der Waals surface area contributed by atoms with Gasteiger partial charge >= 0.3 is 5.97 Å². The Labute approximate surface area is 236 Å². The van der Waals surface area contributed by atoms with E-state index in [0.29, 0.717) is 37.4 Å². The minimum absolute atomic E-state index is 0.120. The Morgan fingerprint density at radius 2 is 1.50 bits per heavy atom. The molecule has 4 aromatic carbocycles. The van der Waals surface area contributed by atoms with Crippen LogP contribution in [0.2, 0.25) is 0 Å². The third-order valence-electron chi connectivity index (χ3n) is 6.49. The minimum atomic E-state index is -3.41. The molecular formula is C32H34N2O5S. The Morgan fingerprint density at radius 3 is 2.17 bits per heavy atom. The lowest BCUT2D eigenvalue weighted by Crippen LogP contribution is -2.23. The van der Waals surface area contributed by atoms with Crippen LogP contribution < -0.4 is 14.4 Å². The highest BCUT2D eigenvalue weighted by Crippen LogP contribution is 2.31. The number of benzene rings is 4. The molecule has 0 atom stereocenters. The maximum Gasteiger partial charge on any atom is 0.303 e. The average molecular weight is 559 g/mol. The number of aryl methyl sites for hydroxylation is 1. The van der Waals surface area contributed by atoms with Crippen LogP contribution >= 0.6 is 0 Å². The second-order valence-corrected chi connectivity index (χ2v) is 11.5. The van der Waals surface area contributed by atoms with Gasteiger partial charge in [-0.05, 0) is 72.4 Å². The van der Waals surface area contributed by atoms with Crippen LogP contribution in [0.1, 0.15) is 35.1 Å². The lowest BCUT2D eigenvalue weighted by atomic mass is 10.1. The third-order valence-corrected chi connectivity index (χ3v) is 7.08. The van der Waals surface area contributed by atoms with Crippen molar-refractivity contribution >= 4 is 27.4 Å². The van der Waals surface area contributed by atoms with Gasteiger partial charge in [0.25, 0.3) is 0 Å². The van der Waals surface area contributed by atoms with Crippen LogP contribution in [0.15, 0.2) is 97.1 Å². The van der Waals surface area contributed by atoms with Crippen LogP contribution in [-0.4, -0.2) is 25.7 Å². The molecule has 8 heteroatoms. The molecule has 0 unspecified atom stereocenters. The van der Waals surface area contributed by atoms with Crippen LogP contribution in [-0.2, 0) is 34.3 Å². The quantitative estimate of drug-likeness (QED) is 0.188. The van der Waals surface area contributed by atoms with Gasteiger partial charge in [0.05, 0.1) is 11.9 Å². The van der Waals surface area contributed by atoms with Crippen LogP contribution in [0.3, 0.4) is 0 Å². The van der Waals surface area contributed by atoms with Crippen LogP contribution in [0.4, 0.5) is 11.4 Å². The lowest BCUT2D eigenvalue weighted by molar-refractivity contribution is -0.137. The molecule has 0 spiro atoms. The molecule has 0 aromatic heterocycles. The smallest absolute Gasteiger partial charge is 0.303 e. The minimum Gasteiger partial charge on any atom is -0.481 e. The second-order valence-electron chi connectivity index (χ2n) is 9.77. The van der Waals surface area contributed by atoms with E-state index < -0.39 is 16.0 Å². The average Bonchev–Trinajstić information content (AvgIpc) is 2.91. The fourth-order valence-corrected chi connectivity index (χ4v) is 5.18. The summed E-state index contributed by atoms with van der Waals surface area (Å²) in [7, 11) is -3.41. The number of anilines is 2. The Balaban J connectivity index is 1.54. The Morgan fingerprint density at radius 1 is 0.850 bits per heavy atom. The number of hydrogen-bond acceptors (Lipinski definition) is 5. The zero-order valence-corrected chi connectivity index (χ0v) is 23.5. The molecule has 0 radical (unpaired) electrons. The topological polar surface area (TPSA) is 95.9 Å². The molecule has 0 saturated heterocycles. The van der Waals surface area contributed by atoms with E-state index in [2.05, 4.69) is 21.8 Å². The van der Waals surface area contributed by atoms with Crippen molar-refractivity contribution in [2.75, 3.05) is 15.9 Å². The Hall–Kier alpha value is -4.30. The molecule has 0 heterocycles. The number of carbonyl (C=O) groups is 1. The van der Waals surface area contributed by atoms with E-state index in [4.69, 9.17) is 9.84 Å². The van der Waals surface area contributed by atoms with Crippen LogP contribution in [0, 0.1) is 6.92 Å². The summed E-state index contributed by atoms with van der Waals surface area (Å²) in [4.78, 5) is 13.1. The SMILES string of the molecule is Cc1c(NS(C)(=O)=O)cccc1N(Cc1ccccc1)Cc1ccc(Oc2ccccc2CCCC(=O)O)cc1. The number of carboxylic acids is 1. The summed E-state index contributed by atoms with van der Waals surface area (Å²) in [5.41, 5.74) is 5.53. The standard InChI is InChI=1S/C32H34N2O5S/c1-24-29(33-40(2,37)38)14-9-15-30(24)34(22-25-10-4-3-5-11-25)23-26-18-20-28(21-19-26)39-31-16-7-6-12-27(31)13-8-17-32(35)36/h3-7,9-12,14-16,18-21,33H,8,13,17,22-23H2,1-2H3,(H,35,36). The highest BCUT2D eigenvalue weighted by molar-refractivity contribution is 7.92. The first-order chi connectivity index (χ1) is 19.2. The number of sulfonamides is 1. The molecule has 0 aliphatic rings. The first-order valence-electron chi connectivity index (χ1n) is 13.1. The van der Waals surface area contributed by atoms with Gasteiger partial charge in [0, 0.05) is 25.2 Å². The first kappa shape index (κ1) is 28.7. The number of aliphatic carboxylic acids is 1. The highest BCUT2D eigenvalue weighted by Gasteiger charge is 2.15. The van der Waals surface area contributed by atoms with Gasteiger partial charge in [0.15, 0.2) is 0 Å². The molecule has 4 rings (SSSR count). The maximum absolute atomic E-state index is 11.9. The van der Waals surface area contributed by atoms with Crippen molar-refractivity contribution in [3.8, 4) is 11.5 Å². The largest absolute Gasteiger partial charge is 0.481 e. The van der Waals surface area contributed by atoms with Crippen LogP contribution in [0.25, 0.3) is 0 Å².